The van der Waals surface area contributed by atoms with E-state index in [-0.39, 0.29) is 23.5 Å². The molecular weight excluding hydrogens is 334 g/mol. The predicted molar refractivity (Wildman–Crippen MR) is 98.5 cm³/mol. The Balaban J connectivity index is 1.93. The van der Waals surface area contributed by atoms with Crippen molar-refractivity contribution in [2.75, 3.05) is 0 Å². The number of para-hydroxylation sites is 2. The fourth-order valence-corrected chi connectivity index (χ4v) is 2.49. The number of aromatic nitrogens is 2. The van der Waals surface area contributed by atoms with Crippen molar-refractivity contribution in [2.24, 2.45) is 4.99 Å². The normalized spacial score (nSPS) is 11.1. The Bertz CT molecular complexity index is 1050. The van der Waals surface area contributed by atoms with Gasteiger partial charge in [-0.1, -0.05) is 42.5 Å². The third kappa shape index (κ3) is 3.72. The number of nitrogens with zero attached hydrogens (tertiary/aromatic N) is 2. The molecule has 0 aliphatic carbocycles. The monoisotopic (exact) mass is 351 g/mol. The third-order valence-electron chi connectivity index (χ3n) is 3.89. The lowest BCUT2D eigenvalue weighted by Gasteiger charge is -2.09. The molecule has 7 heteroatoms. The molecule has 2 aromatic carbocycles. The zero-order chi connectivity index (χ0) is 18.5. The van der Waals surface area contributed by atoms with E-state index in [4.69, 9.17) is 0 Å². The van der Waals surface area contributed by atoms with Crippen LogP contribution in [0.2, 0.25) is 0 Å². The molecule has 0 saturated heterocycles. The lowest BCUT2D eigenvalue weighted by Crippen LogP contribution is -2.32. The summed E-state index contributed by atoms with van der Waals surface area (Å²) in [6, 6.07) is 15.8. The molecule has 3 aromatic rings. The average Bonchev–Trinajstić information content (AvgIpc) is 2.63. The lowest BCUT2D eigenvalue weighted by molar-refractivity contribution is 0.399. The summed E-state index contributed by atoms with van der Waals surface area (Å²) < 4.78 is 1.08. The van der Waals surface area contributed by atoms with E-state index in [1.807, 2.05) is 30.3 Å². The fraction of sp³-hybridized carbons (Fsp3) is 0.105. The summed E-state index contributed by atoms with van der Waals surface area (Å²) >= 11 is 0. The number of aromatic hydroxyl groups is 2. The highest BCUT2D eigenvalue weighted by molar-refractivity contribution is 5.84. The summed E-state index contributed by atoms with van der Waals surface area (Å²) in [5.74, 6) is -0.522. The van der Waals surface area contributed by atoms with Gasteiger partial charge in [0.15, 0.2) is 0 Å². The minimum absolute atomic E-state index is 0.0583. The smallest absolute Gasteiger partial charge is 0.331 e. The lowest BCUT2D eigenvalue weighted by atomic mass is 10.1. The first kappa shape index (κ1) is 17.2. The molecule has 0 atom stereocenters. The van der Waals surface area contributed by atoms with Crippen molar-refractivity contribution in [3.8, 4) is 11.6 Å². The van der Waals surface area contributed by atoms with Gasteiger partial charge in [0, 0.05) is 12.8 Å². The Labute approximate surface area is 148 Å². The fourth-order valence-electron chi connectivity index (χ4n) is 2.49. The Kier molecular flexibility index (Phi) is 4.98. The highest BCUT2D eigenvalue weighted by atomic mass is 16.3. The second-order valence-corrected chi connectivity index (χ2v) is 5.63. The van der Waals surface area contributed by atoms with Gasteiger partial charge < -0.3 is 10.2 Å². The van der Waals surface area contributed by atoms with Crippen molar-refractivity contribution in [2.45, 2.75) is 13.0 Å². The Morgan fingerprint density at radius 1 is 1.00 bits per heavy atom. The Morgan fingerprint density at radius 3 is 2.42 bits per heavy atom. The van der Waals surface area contributed by atoms with Crippen LogP contribution in [-0.4, -0.2) is 26.0 Å². The summed E-state index contributed by atoms with van der Waals surface area (Å²) in [6.07, 6.45) is 1.64. The van der Waals surface area contributed by atoms with Crippen molar-refractivity contribution in [1.29, 1.82) is 0 Å². The van der Waals surface area contributed by atoms with Gasteiger partial charge in [-0.05, 0) is 24.1 Å². The van der Waals surface area contributed by atoms with Gasteiger partial charge in [-0.25, -0.2) is 4.79 Å². The van der Waals surface area contributed by atoms with Crippen LogP contribution in [0.1, 0.15) is 11.1 Å². The topological polar surface area (TPSA) is 108 Å². The minimum Gasteiger partial charge on any atom is -0.506 e. The standard InChI is InChI=1S/C19H17N3O4/c23-16-9-5-4-8-15(16)20-12-14-17(24)21-19(26)22(18(14)25)11-10-13-6-2-1-3-7-13/h1-9,12,23,25H,10-11H2,(H,21,24,26). The van der Waals surface area contributed by atoms with E-state index >= 15 is 0 Å². The first-order valence-electron chi connectivity index (χ1n) is 7.98. The van der Waals surface area contributed by atoms with Crippen molar-refractivity contribution >= 4 is 11.9 Å². The van der Waals surface area contributed by atoms with Crippen LogP contribution in [0.4, 0.5) is 5.69 Å². The number of hydrogen-bond donors (Lipinski definition) is 3. The molecule has 0 spiro atoms. The van der Waals surface area contributed by atoms with E-state index in [0.717, 1.165) is 16.3 Å². The SMILES string of the molecule is O=c1[nH]c(=O)n(CCc2ccccc2)c(O)c1C=Nc1ccccc1O. The maximum Gasteiger partial charge on any atom is 0.331 e. The van der Waals surface area contributed by atoms with Gasteiger partial charge in [-0.15, -0.1) is 0 Å². The van der Waals surface area contributed by atoms with Crippen LogP contribution in [0.25, 0.3) is 0 Å². The van der Waals surface area contributed by atoms with Crippen molar-refractivity contribution in [1.82, 2.24) is 9.55 Å². The van der Waals surface area contributed by atoms with E-state index in [1.165, 1.54) is 6.07 Å². The first-order chi connectivity index (χ1) is 12.6. The van der Waals surface area contributed by atoms with Gasteiger partial charge in [0.1, 0.15) is 17.0 Å². The molecule has 0 amide bonds. The van der Waals surface area contributed by atoms with E-state index < -0.39 is 17.1 Å². The number of phenolic OH excluding ortho intramolecular Hbond substituents is 1. The number of hydrogen-bond acceptors (Lipinski definition) is 5. The molecule has 0 bridgehead atoms. The molecule has 1 aromatic heterocycles. The molecule has 3 N–H and O–H groups in total. The molecule has 0 unspecified atom stereocenters. The number of aryl methyl sites for hydroxylation is 1. The number of phenols is 1. The second-order valence-electron chi connectivity index (χ2n) is 5.63. The van der Waals surface area contributed by atoms with Crippen LogP contribution in [0, 0.1) is 0 Å². The minimum atomic E-state index is -0.748. The van der Waals surface area contributed by atoms with Gasteiger partial charge >= 0.3 is 5.69 Å². The number of aromatic amines is 1. The number of benzene rings is 2. The van der Waals surface area contributed by atoms with Crippen LogP contribution in [-0.2, 0) is 13.0 Å². The van der Waals surface area contributed by atoms with E-state index in [1.54, 1.807) is 18.2 Å². The van der Waals surface area contributed by atoms with Crippen LogP contribution in [0.3, 0.4) is 0 Å². The Hall–Kier alpha value is -3.61. The quantitative estimate of drug-likeness (QED) is 0.611. The molecule has 1 heterocycles. The zero-order valence-corrected chi connectivity index (χ0v) is 13.8. The molecule has 0 saturated carbocycles. The number of aliphatic imine (C=N–C) groups is 1. The molecule has 7 nitrogen and oxygen atoms in total. The maximum absolute atomic E-state index is 12.0. The van der Waals surface area contributed by atoms with Crippen molar-refractivity contribution < 1.29 is 10.2 Å². The summed E-state index contributed by atoms with van der Waals surface area (Å²) in [5.41, 5.74) is -0.352. The second kappa shape index (κ2) is 7.52. The molecule has 132 valence electrons. The molecule has 0 radical (unpaired) electrons. The van der Waals surface area contributed by atoms with Gasteiger partial charge in [-0.2, -0.15) is 0 Å². The van der Waals surface area contributed by atoms with E-state index in [2.05, 4.69) is 9.98 Å². The predicted octanol–water partition coefficient (Wildman–Crippen LogP) is 1.94. The van der Waals surface area contributed by atoms with Crippen LogP contribution >= 0.6 is 0 Å². The van der Waals surface area contributed by atoms with E-state index in [0.29, 0.717) is 6.42 Å². The third-order valence-corrected chi connectivity index (χ3v) is 3.89. The van der Waals surface area contributed by atoms with Crippen molar-refractivity contribution in [3.63, 3.8) is 0 Å². The largest absolute Gasteiger partial charge is 0.506 e. The van der Waals surface area contributed by atoms with Gasteiger partial charge in [0.05, 0.1) is 0 Å². The number of nitrogens with one attached hydrogen (secondary N) is 1. The summed E-state index contributed by atoms with van der Waals surface area (Å²) in [4.78, 5) is 30.2. The molecule has 0 aliphatic heterocycles. The summed E-state index contributed by atoms with van der Waals surface area (Å²) in [5, 5.41) is 20.1. The van der Waals surface area contributed by atoms with Crippen LogP contribution < -0.4 is 11.2 Å². The molecule has 0 aliphatic rings. The first-order valence-corrected chi connectivity index (χ1v) is 7.98. The summed E-state index contributed by atoms with van der Waals surface area (Å²) in [6.45, 7) is 0.197. The van der Waals surface area contributed by atoms with Gasteiger partial charge in [0.2, 0.25) is 5.88 Å². The highest BCUT2D eigenvalue weighted by Gasteiger charge is 2.12. The zero-order valence-electron chi connectivity index (χ0n) is 13.8. The van der Waals surface area contributed by atoms with Gasteiger partial charge in [0.25, 0.3) is 5.56 Å². The summed E-state index contributed by atoms with van der Waals surface area (Å²) in [7, 11) is 0. The van der Waals surface area contributed by atoms with E-state index in [9.17, 15) is 19.8 Å². The van der Waals surface area contributed by atoms with Crippen LogP contribution in [0.15, 0.2) is 69.2 Å². The Morgan fingerprint density at radius 2 is 1.69 bits per heavy atom. The number of H-pyrrole nitrogens is 1. The average molecular weight is 351 g/mol. The molecule has 3 rings (SSSR count). The van der Waals surface area contributed by atoms with Crippen molar-refractivity contribution in [3.05, 3.63) is 86.6 Å². The van der Waals surface area contributed by atoms with Gasteiger partial charge in [-0.3, -0.25) is 19.3 Å². The maximum atomic E-state index is 12.0. The number of rotatable bonds is 5. The molecule has 0 fully saturated rings. The molecular formula is C19H17N3O4. The molecule has 26 heavy (non-hydrogen) atoms. The van der Waals surface area contributed by atoms with Crippen LogP contribution in [0.5, 0.6) is 11.6 Å². The highest BCUT2D eigenvalue weighted by Crippen LogP contribution is 2.24.